The largest absolute Gasteiger partial charge is 3.00 e. The van der Waals surface area contributed by atoms with E-state index >= 15 is 0 Å². The van der Waals surface area contributed by atoms with Crippen LogP contribution in [0.25, 0.3) is 22.8 Å². The van der Waals surface area contributed by atoms with Gasteiger partial charge in [0.1, 0.15) is 0 Å². The van der Waals surface area contributed by atoms with Crippen molar-refractivity contribution in [1.29, 1.82) is 0 Å². The number of carbonyl (C=O) groups excluding carboxylic acids is 3. The molecule has 6 rings (SSSR count). The average molecular weight is 803 g/mol. The van der Waals surface area contributed by atoms with Crippen molar-refractivity contribution in [2.75, 3.05) is 0 Å². The molecule has 44 heavy (non-hydrogen) atoms. The van der Waals surface area contributed by atoms with Gasteiger partial charge in [0.15, 0.2) is 0 Å². The summed E-state index contributed by atoms with van der Waals surface area (Å²) in [5, 5.41) is 35.0. The van der Waals surface area contributed by atoms with Crippen LogP contribution in [0, 0.1) is 36.9 Å². The number of carboxylic acids is 3. The van der Waals surface area contributed by atoms with Gasteiger partial charge in [0.2, 0.25) is 0 Å². The van der Waals surface area contributed by atoms with E-state index in [9.17, 15) is 29.7 Å². The van der Waals surface area contributed by atoms with Gasteiger partial charge in [-0.1, -0.05) is 36.4 Å². The topological polar surface area (TPSA) is 192 Å². The van der Waals surface area contributed by atoms with Crippen molar-refractivity contribution in [2.45, 2.75) is 0 Å². The second kappa shape index (κ2) is 21.0. The van der Waals surface area contributed by atoms with E-state index in [1.54, 1.807) is 46.7 Å². The summed E-state index contributed by atoms with van der Waals surface area (Å²) in [6.07, 6.45) is 3.54. The fourth-order valence-electron chi connectivity index (χ4n) is 2.93. The normalized spacial score (nSPS) is 9.09. The van der Waals surface area contributed by atoms with Crippen LogP contribution in [0.15, 0.2) is 120 Å². The third-order valence-corrected chi connectivity index (χ3v) is 7.32. The van der Waals surface area contributed by atoms with Crippen molar-refractivity contribution >= 4 is 51.9 Å². The molecular weight excluding hydrogens is 779 g/mol. The molecule has 0 aromatic carbocycles. The average Bonchev–Trinajstić information content (AvgIpc) is 3.83. The molecule has 0 aliphatic carbocycles. The zero-order valence-electron chi connectivity index (χ0n) is 22.4. The number of thiophene rings is 3. The third-order valence-electron chi connectivity index (χ3n) is 4.77. The number of carboxylic acid groups (broad SMARTS) is 3. The summed E-state index contributed by atoms with van der Waals surface area (Å²) < 4.78 is 0. The van der Waals surface area contributed by atoms with Crippen molar-refractivity contribution < 1.29 is 72.1 Å². The Kier molecular flexibility index (Phi) is 18.2. The van der Waals surface area contributed by atoms with Gasteiger partial charge in [-0.2, -0.15) is 0 Å². The summed E-state index contributed by atoms with van der Waals surface area (Å²) >= 11 is 3.51. The number of hydrogen-bond donors (Lipinski definition) is 0. The van der Waals surface area contributed by atoms with E-state index in [0.717, 1.165) is 22.8 Å². The van der Waals surface area contributed by atoms with Crippen LogP contribution in [0.2, 0.25) is 0 Å². The Labute approximate surface area is 293 Å². The zero-order valence-corrected chi connectivity index (χ0v) is 26.6. The molecule has 10 nitrogen and oxygen atoms in total. The third kappa shape index (κ3) is 13.2. The molecule has 0 saturated heterocycles. The Morgan fingerprint density at radius 1 is 0.477 bits per heavy atom. The summed E-state index contributed by atoms with van der Waals surface area (Å²) in [6, 6.07) is 27.0. The Balaban J connectivity index is 0.000000316. The molecule has 230 valence electrons. The fourth-order valence-corrected chi connectivity index (χ4v) is 4.60. The van der Waals surface area contributed by atoms with Crippen LogP contribution in [0.3, 0.4) is 0 Å². The van der Waals surface area contributed by atoms with Crippen molar-refractivity contribution in [3.63, 3.8) is 0 Å². The predicted octanol–water partition coefficient (Wildman–Crippen LogP) is 2.62. The van der Waals surface area contributed by atoms with E-state index in [4.69, 9.17) is 0 Å². The molecule has 0 spiro atoms. The van der Waals surface area contributed by atoms with Crippen LogP contribution in [0.1, 0.15) is 29.0 Å². The van der Waals surface area contributed by atoms with Gasteiger partial charge in [-0.05, 0) is 70.7 Å². The van der Waals surface area contributed by atoms with Crippen LogP contribution >= 0.6 is 34.0 Å². The molecule has 6 aromatic heterocycles. The Morgan fingerprint density at radius 3 is 1.05 bits per heavy atom. The summed E-state index contributed by atoms with van der Waals surface area (Å²) in [7, 11) is 0. The second-order valence-electron chi connectivity index (χ2n) is 7.63. The van der Waals surface area contributed by atoms with Crippen LogP contribution < -0.4 is 15.3 Å². The Bertz CT molecular complexity index is 1490. The van der Waals surface area contributed by atoms with Gasteiger partial charge in [0.05, 0.1) is 40.7 Å². The molecule has 0 amide bonds. The molecule has 0 saturated carbocycles. The smallest absolute Gasteiger partial charge is 0.544 e. The van der Waals surface area contributed by atoms with E-state index in [1.165, 1.54) is 52.2 Å². The van der Waals surface area contributed by atoms with Gasteiger partial charge in [0, 0.05) is 27.0 Å². The van der Waals surface area contributed by atoms with E-state index in [1.807, 2.05) is 54.6 Å². The fraction of sp³-hybridized carbons (Fsp3) is 0. The predicted molar refractivity (Wildman–Crippen MR) is 162 cm³/mol. The maximum absolute atomic E-state index is 9.96. The molecule has 3 N–H and O–H groups in total. The first-order valence-corrected chi connectivity index (χ1v) is 14.5. The molecule has 0 aliphatic rings. The quantitative estimate of drug-likeness (QED) is 0.236. The number of aromatic nitrogens is 3. The molecule has 14 heteroatoms. The second-order valence-corrected chi connectivity index (χ2v) is 10.5. The first-order chi connectivity index (χ1) is 20.3. The number of pyridine rings is 3. The first kappa shape index (κ1) is 38.2. The SMILES string of the molecule is O=C([O-])c1cccs1.O=C([O-])c1cccs1.O=C([O-])c1cccs1.[OH3+].[Tm+3].c1ccc(-c2cccc(-c3ccccn3)n2)nc1. The minimum Gasteiger partial charge on any atom is -0.544 e. The zero-order chi connectivity index (χ0) is 30.2. The first-order valence-electron chi connectivity index (χ1n) is 11.9. The molecular formula is C30H23N3O7S3Tm+. The number of hydrogen-bond acceptors (Lipinski definition) is 12. The maximum Gasteiger partial charge on any atom is 3.00 e. The summed E-state index contributed by atoms with van der Waals surface area (Å²) in [5.74, 6) is -3.29. The molecule has 0 fully saturated rings. The number of aromatic carboxylic acids is 3. The molecule has 0 bridgehead atoms. The van der Waals surface area contributed by atoms with Crippen molar-refractivity contribution in [1.82, 2.24) is 15.0 Å². The van der Waals surface area contributed by atoms with Crippen molar-refractivity contribution in [3.05, 3.63) is 134 Å². The monoisotopic (exact) mass is 802 g/mol. The van der Waals surface area contributed by atoms with Gasteiger partial charge in [-0.3, -0.25) is 9.97 Å². The van der Waals surface area contributed by atoms with E-state index in [-0.39, 0.29) is 57.0 Å². The number of carbonyl (C=O) groups is 3. The molecule has 0 unspecified atom stereocenters. The summed E-state index contributed by atoms with van der Waals surface area (Å²) in [5.41, 5.74) is 3.46. The standard InChI is InChI=1S/C15H11N3.3C5H4O2S.H2O.Tm/c1-3-10-16-12(6-1)14-8-5-9-15(18-14)13-7-2-4-11-17-13;3*6-5(7)4-2-1-3-8-4;;/h1-11H;3*1-3H,(H,6,7);1H2;/q;;;;;+3/p-2. The van der Waals surface area contributed by atoms with E-state index < -0.39 is 17.9 Å². The number of rotatable bonds is 5. The molecule has 6 heterocycles. The van der Waals surface area contributed by atoms with Crippen LogP contribution in [0.5, 0.6) is 0 Å². The van der Waals surface area contributed by atoms with Crippen molar-refractivity contribution in [3.8, 4) is 22.8 Å². The van der Waals surface area contributed by atoms with Crippen molar-refractivity contribution in [2.24, 2.45) is 0 Å². The molecule has 0 atom stereocenters. The molecule has 6 aromatic rings. The van der Waals surface area contributed by atoms with Gasteiger partial charge < -0.3 is 35.2 Å². The van der Waals surface area contributed by atoms with Gasteiger partial charge in [-0.15, -0.1) is 34.0 Å². The van der Waals surface area contributed by atoms with Gasteiger partial charge in [-0.25, -0.2) is 4.98 Å². The summed E-state index contributed by atoms with van der Waals surface area (Å²) in [6.45, 7) is 0. The maximum atomic E-state index is 9.96. The Morgan fingerprint density at radius 2 is 0.818 bits per heavy atom. The van der Waals surface area contributed by atoms with Crippen LogP contribution in [-0.4, -0.2) is 32.9 Å². The molecule has 0 radical (unpaired) electrons. The number of nitrogens with zero attached hydrogens (tertiary/aromatic N) is 3. The summed E-state index contributed by atoms with van der Waals surface area (Å²) in [4.78, 5) is 43.9. The minimum absolute atomic E-state index is 0. The van der Waals surface area contributed by atoms with Gasteiger partial charge >= 0.3 is 36.9 Å². The Hall–Kier alpha value is -3.85. The van der Waals surface area contributed by atoms with Gasteiger partial charge in [0.25, 0.3) is 0 Å². The molecule has 0 aliphatic heterocycles. The van der Waals surface area contributed by atoms with Crippen LogP contribution in [-0.2, 0) is 5.48 Å². The van der Waals surface area contributed by atoms with E-state index in [0.29, 0.717) is 0 Å². The van der Waals surface area contributed by atoms with E-state index in [2.05, 4.69) is 15.0 Å². The minimum atomic E-state index is -1.10. The van der Waals surface area contributed by atoms with Crippen LogP contribution in [0.4, 0.5) is 0 Å².